The van der Waals surface area contributed by atoms with Gasteiger partial charge >= 0.3 is 0 Å². The molecule has 0 saturated carbocycles. The van der Waals surface area contributed by atoms with Gasteiger partial charge in [0.15, 0.2) is 11.5 Å². The third-order valence-electron chi connectivity index (χ3n) is 3.66. The van der Waals surface area contributed by atoms with Crippen molar-refractivity contribution in [3.63, 3.8) is 0 Å². The van der Waals surface area contributed by atoms with Crippen LogP contribution in [-0.2, 0) is 6.54 Å². The minimum Gasteiger partial charge on any atom is -0.493 e. The smallest absolute Gasteiger partial charge is 0.175 e. The standard InChI is InChI=1S/C19H26BrN3O2/c1-3-25-19-16(20)12-15(13-17(19)24-2)14-21-9-6-7-11-23-18-8-4-5-10-22-18/h4-5,8,10,12-13,21H,3,6-7,9,11,14H2,1-2H3,(H,22,23). The van der Waals surface area contributed by atoms with Gasteiger partial charge in [0, 0.05) is 19.3 Å². The number of rotatable bonds is 11. The van der Waals surface area contributed by atoms with Crippen molar-refractivity contribution in [2.45, 2.75) is 26.3 Å². The number of benzene rings is 1. The molecule has 6 heteroatoms. The molecule has 0 radical (unpaired) electrons. The molecule has 1 aromatic heterocycles. The predicted molar refractivity (Wildman–Crippen MR) is 106 cm³/mol. The molecule has 0 atom stereocenters. The molecule has 25 heavy (non-hydrogen) atoms. The molecule has 0 saturated heterocycles. The van der Waals surface area contributed by atoms with Crippen LogP contribution in [0.4, 0.5) is 5.82 Å². The second-order valence-electron chi connectivity index (χ2n) is 5.57. The van der Waals surface area contributed by atoms with E-state index in [2.05, 4.69) is 37.6 Å². The lowest BCUT2D eigenvalue weighted by Gasteiger charge is -2.14. The minimum atomic E-state index is 0.610. The summed E-state index contributed by atoms with van der Waals surface area (Å²) in [5.74, 6) is 2.45. The second kappa shape index (κ2) is 10.9. The van der Waals surface area contributed by atoms with E-state index >= 15 is 0 Å². The van der Waals surface area contributed by atoms with Crippen molar-refractivity contribution < 1.29 is 9.47 Å². The van der Waals surface area contributed by atoms with Crippen molar-refractivity contribution in [3.05, 3.63) is 46.6 Å². The Morgan fingerprint density at radius 1 is 1.16 bits per heavy atom. The van der Waals surface area contributed by atoms with Gasteiger partial charge in [-0.25, -0.2) is 4.98 Å². The van der Waals surface area contributed by atoms with E-state index < -0.39 is 0 Å². The Hall–Kier alpha value is -1.79. The van der Waals surface area contributed by atoms with Crippen molar-refractivity contribution in [2.24, 2.45) is 0 Å². The average Bonchev–Trinajstić information content (AvgIpc) is 2.63. The van der Waals surface area contributed by atoms with Gasteiger partial charge < -0.3 is 20.1 Å². The Balaban J connectivity index is 1.68. The first-order valence-electron chi connectivity index (χ1n) is 8.59. The van der Waals surface area contributed by atoms with Gasteiger partial charge in [-0.05, 0) is 72.1 Å². The van der Waals surface area contributed by atoms with Crippen molar-refractivity contribution in [1.82, 2.24) is 10.3 Å². The van der Waals surface area contributed by atoms with Gasteiger partial charge in [-0.2, -0.15) is 0 Å². The molecular weight excluding hydrogens is 382 g/mol. The Kier molecular flexibility index (Phi) is 8.55. The zero-order valence-electron chi connectivity index (χ0n) is 14.8. The zero-order chi connectivity index (χ0) is 17.9. The molecule has 136 valence electrons. The molecule has 0 unspecified atom stereocenters. The number of hydrogen-bond donors (Lipinski definition) is 2. The highest BCUT2D eigenvalue weighted by Gasteiger charge is 2.10. The molecule has 0 spiro atoms. The molecule has 2 aromatic rings. The zero-order valence-corrected chi connectivity index (χ0v) is 16.4. The van der Waals surface area contributed by atoms with E-state index in [0.29, 0.717) is 6.61 Å². The summed E-state index contributed by atoms with van der Waals surface area (Å²) in [7, 11) is 1.66. The van der Waals surface area contributed by atoms with E-state index in [1.54, 1.807) is 13.3 Å². The van der Waals surface area contributed by atoms with Gasteiger partial charge in [0.25, 0.3) is 0 Å². The van der Waals surface area contributed by atoms with Gasteiger partial charge in [-0.15, -0.1) is 0 Å². The number of hydrogen-bond acceptors (Lipinski definition) is 5. The summed E-state index contributed by atoms with van der Waals surface area (Å²) in [6.45, 7) is 5.27. The lowest BCUT2D eigenvalue weighted by molar-refractivity contribution is 0.308. The van der Waals surface area contributed by atoms with E-state index in [1.165, 1.54) is 5.56 Å². The molecule has 1 aromatic carbocycles. The number of ether oxygens (including phenoxy) is 2. The molecule has 1 heterocycles. The van der Waals surface area contributed by atoms with Crippen LogP contribution in [-0.4, -0.2) is 31.8 Å². The fraction of sp³-hybridized carbons (Fsp3) is 0.421. The number of halogens is 1. The maximum Gasteiger partial charge on any atom is 0.175 e. The van der Waals surface area contributed by atoms with Gasteiger partial charge in [0.05, 0.1) is 18.2 Å². The van der Waals surface area contributed by atoms with Crippen molar-refractivity contribution in [3.8, 4) is 11.5 Å². The molecule has 0 aliphatic carbocycles. The molecule has 2 N–H and O–H groups in total. The summed E-state index contributed by atoms with van der Waals surface area (Å²) < 4.78 is 12.0. The van der Waals surface area contributed by atoms with Crippen LogP contribution in [0.15, 0.2) is 41.0 Å². The minimum absolute atomic E-state index is 0.610. The van der Waals surface area contributed by atoms with Gasteiger partial charge in [0.2, 0.25) is 0 Å². The molecule has 0 aliphatic heterocycles. The van der Waals surface area contributed by atoms with Gasteiger partial charge in [0.1, 0.15) is 5.82 Å². The molecule has 0 fully saturated rings. The monoisotopic (exact) mass is 407 g/mol. The van der Waals surface area contributed by atoms with Crippen LogP contribution in [0.25, 0.3) is 0 Å². The van der Waals surface area contributed by atoms with Crippen LogP contribution >= 0.6 is 15.9 Å². The van der Waals surface area contributed by atoms with E-state index in [-0.39, 0.29) is 0 Å². The summed E-state index contributed by atoms with van der Waals surface area (Å²) in [4.78, 5) is 4.24. The molecule has 2 rings (SSSR count). The number of nitrogens with one attached hydrogen (secondary N) is 2. The summed E-state index contributed by atoms with van der Waals surface area (Å²) in [6.07, 6.45) is 4.00. The van der Waals surface area contributed by atoms with Crippen molar-refractivity contribution >= 4 is 21.7 Å². The Morgan fingerprint density at radius 2 is 2.00 bits per heavy atom. The number of nitrogens with zero attached hydrogens (tertiary/aromatic N) is 1. The maximum atomic E-state index is 5.62. The van der Waals surface area contributed by atoms with E-state index in [0.717, 1.165) is 54.3 Å². The largest absolute Gasteiger partial charge is 0.493 e. The highest BCUT2D eigenvalue weighted by atomic mass is 79.9. The SMILES string of the molecule is CCOc1c(Br)cc(CNCCCCNc2ccccn2)cc1OC. The second-order valence-corrected chi connectivity index (χ2v) is 6.42. The number of aromatic nitrogens is 1. The molecule has 0 amide bonds. The maximum absolute atomic E-state index is 5.62. The average molecular weight is 408 g/mol. The number of unbranched alkanes of at least 4 members (excludes halogenated alkanes) is 1. The first-order valence-corrected chi connectivity index (χ1v) is 9.38. The molecule has 0 aliphatic rings. The fourth-order valence-electron chi connectivity index (χ4n) is 2.45. The summed E-state index contributed by atoms with van der Waals surface area (Å²) >= 11 is 3.56. The third-order valence-corrected chi connectivity index (χ3v) is 4.25. The van der Waals surface area contributed by atoms with E-state index in [4.69, 9.17) is 9.47 Å². The third kappa shape index (κ3) is 6.55. The first kappa shape index (κ1) is 19.5. The van der Waals surface area contributed by atoms with E-state index in [1.807, 2.05) is 31.2 Å². The number of methoxy groups -OCH3 is 1. The van der Waals surface area contributed by atoms with Crippen LogP contribution in [0, 0.1) is 0 Å². The van der Waals surface area contributed by atoms with Crippen LogP contribution in [0.5, 0.6) is 11.5 Å². The molecular formula is C19H26BrN3O2. The van der Waals surface area contributed by atoms with Gasteiger partial charge in [-0.1, -0.05) is 6.07 Å². The van der Waals surface area contributed by atoms with E-state index in [9.17, 15) is 0 Å². The van der Waals surface area contributed by atoms with Gasteiger partial charge in [-0.3, -0.25) is 0 Å². The highest BCUT2D eigenvalue weighted by Crippen LogP contribution is 2.36. The fourth-order valence-corrected chi connectivity index (χ4v) is 3.06. The van der Waals surface area contributed by atoms with Crippen LogP contribution in [0.2, 0.25) is 0 Å². The lowest BCUT2D eigenvalue weighted by Crippen LogP contribution is -2.16. The molecule has 0 bridgehead atoms. The summed E-state index contributed by atoms with van der Waals surface area (Å²) in [5, 5.41) is 6.79. The van der Waals surface area contributed by atoms with Crippen molar-refractivity contribution in [2.75, 3.05) is 32.1 Å². The van der Waals surface area contributed by atoms with Crippen LogP contribution < -0.4 is 20.1 Å². The highest BCUT2D eigenvalue weighted by molar-refractivity contribution is 9.10. The predicted octanol–water partition coefficient (Wildman–Crippen LogP) is 4.23. The number of pyridine rings is 1. The summed E-state index contributed by atoms with van der Waals surface area (Å²) in [6, 6.07) is 9.98. The first-order chi connectivity index (χ1) is 12.2. The summed E-state index contributed by atoms with van der Waals surface area (Å²) in [5.41, 5.74) is 1.17. The lowest BCUT2D eigenvalue weighted by atomic mass is 10.2. The number of anilines is 1. The van der Waals surface area contributed by atoms with Crippen LogP contribution in [0.1, 0.15) is 25.3 Å². The Morgan fingerprint density at radius 3 is 2.72 bits per heavy atom. The Bertz CT molecular complexity index is 638. The van der Waals surface area contributed by atoms with Crippen molar-refractivity contribution in [1.29, 1.82) is 0 Å². The topological polar surface area (TPSA) is 55.4 Å². The normalized spacial score (nSPS) is 10.5. The Labute approximate surface area is 158 Å². The van der Waals surface area contributed by atoms with Crippen LogP contribution in [0.3, 0.4) is 0 Å². The molecule has 5 nitrogen and oxygen atoms in total. The quantitative estimate of drug-likeness (QED) is 0.545.